The molecule has 3 aromatic rings. The Labute approximate surface area is 173 Å². The molecular formula is C22H21FN2OS2. The maximum Gasteiger partial charge on any atom is 0.229 e. The quantitative estimate of drug-likeness (QED) is 0.474. The minimum atomic E-state index is -0.234. The monoisotopic (exact) mass is 412 g/mol. The van der Waals surface area contributed by atoms with Crippen LogP contribution in [0.5, 0.6) is 0 Å². The fourth-order valence-corrected chi connectivity index (χ4v) is 4.02. The van der Waals surface area contributed by atoms with Crippen LogP contribution in [0.3, 0.4) is 0 Å². The Hall–Kier alpha value is -2.31. The summed E-state index contributed by atoms with van der Waals surface area (Å²) in [5.41, 5.74) is 2.02. The fraction of sp³-hybridized carbons (Fsp3) is 0.182. The highest BCUT2D eigenvalue weighted by molar-refractivity contribution is 7.99. The standard InChI is InChI=1S/C22H21FN2OS2/c1-2-27-19-8-3-16(4-9-19)13-22(26)25-21-12-5-17(14-24-21)15-28-20-10-6-18(23)7-11-20/h3-12,14H,2,13,15H2,1H3,(H,24,25,26). The van der Waals surface area contributed by atoms with Crippen molar-refractivity contribution in [2.75, 3.05) is 11.1 Å². The Morgan fingerprint density at radius 3 is 2.21 bits per heavy atom. The first kappa shape index (κ1) is 20.4. The Bertz CT molecular complexity index is 897. The molecule has 1 aromatic heterocycles. The zero-order valence-corrected chi connectivity index (χ0v) is 17.2. The lowest BCUT2D eigenvalue weighted by Gasteiger charge is -2.07. The maximum absolute atomic E-state index is 12.9. The van der Waals surface area contributed by atoms with Crippen LogP contribution in [-0.2, 0) is 17.0 Å². The van der Waals surface area contributed by atoms with Crippen molar-refractivity contribution < 1.29 is 9.18 Å². The molecule has 3 nitrogen and oxygen atoms in total. The first-order valence-electron chi connectivity index (χ1n) is 8.97. The summed E-state index contributed by atoms with van der Waals surface area (Å²) in [4.78, 5) is 18.8. The van der Waals surface area contributed by atoms with Crippen LogP contribution < -0.4 is 5.32 Å². The third-order valence-corrected chi connectivity index (χ3v) is 5.89. The molecule has 0 bridgehead atoms. The van der Waals surface area contributed by atoms with Gasteiger partial charge in [0.05, 0.1) is 6.42 Å². The van der Waals surface area contributed by atoms with Gasteiger partial charge in [0.2, 0.25) is 5.91 Å². The topological polar surface area (TPSA) is 42.0 Å². The molecule has 1 amide bonds. The van der Waals surface area contributed by atoms with Crippen LogP contribution >= 0.6 is 23.5 Å². The molecule has 0 aliphatic heterocycles. The minimum Gasteiger partial charge on any atom is -0.310 e. The summed E-state index contributed by atoms with van der Waals surface area (Å²) < 4.78 is 12.9. The van der Waals surface area contributed by atoms with Crippen molar-refractivity contribution in [2.45, 2.75) is 28.9 Å². The maximum atomic E-state index is 12.9. The van der Waals surface area contributed by atoms with Gasteiger partial charge >= 0.3 is 0 Å². The van der Waals surface area contributed by atoms with Gasteiger partial charge in [-0.1, -0.05) is 25.1 Å². The van der Waals surface area contributed by atoms with Crippen molar-refractivity contribution in [2.24, 2.45) is 0 Å². The molecule has 0 saturated carbocycles. The molecule has 0 spiro atoms. The van der Waals surface area contributed by atoms with Gasteiger partial charge in [-0.15, -0.1) is 23.5 Å². The van der Waals surface area contributed by atoms with E-state index < -0.39 is 0 Å². The summed E-state index contributed by atoms with van der Waals surface area (Å²) in [7, 11) is 0. The second-order valence-electron chi connectivity index (χ2n) is 6.10. The lowest BCUT2D eigenvalue weighted by atomic mass is 10.1. The summed E-state index contributed by atoms with van der Waals surface area (Å²) in [6.07, 6.45) is 2.07. The van der Waals surface area contributed by atoms with E-state index in [0.717, 1.165) is 27.5 Å². The van der Waals surface area contributed by atoms with Gasteiger partial charge in [-0.2, -0.15) is 0 Å². The van der Waals surface area contributed by atoms with Crippen molar-refractivity contribution in [1.82, 2.24) is 4.98 Å². The molecule has 28 heavy (non-hydrogen) atoms. The minimum absolute atomic E-state index is 0.0863. The van der Waals surface area contributed by atoms with Crippen LogP contribution in [-0.4, -0.2) is 16.6 Å². The van der Waals surface area contributed by atoms with Crippen molar-refractivity contribution in [1.29, 1.82) is 0 Å². The number of hydrogen-bond donors (Lipinski definition) is 1. The highest BCUT2D eigenvalue weighted by Gasteiger charge is 2.06. The zero-order valence-electron chi connectivity index (χ0n) is 15.5. The number of pyridine rings is 1. The van der Waals surface area contributed by atoms with E-state index in [0.29, 0.717) is 12.2 Å². The summed E-state index contributed by atoms with van der Waals surface area (Å²) in [6, 6.07) is 18.2. The van der Waals surface area contributed by atoms with Crippen LogP contribution in [0.15, 0.2) is 76.7 Å². The average Bonchev–Trinajstić information content (AvgIpc) is 2.70. The van der Waals surface area contributed by atoms with E-state index in [-0.39, 0.29) is 11.7 Å². The number of carbonyl (C=O) groups excluding carboxylic acids is 1. The van der Waals surface area contributed by atoms with Gasteiger partial charge in [0.25, 0.3) is 0 Å². The number of anilines is 1. The van der Waals surface area contributed by atoms with Gasteiger partial charge in [0.15, 0.2) is 0 Å². The third kappa shape index (κ3) is 6.39. The van der Waals surface area contributed by atoms with Crippen LogP contribution in [0, 0.1) is 5.82 Å². The van der Waals surface area contributed by atoms with E-state index in [1.807, 2.05) is 30.3 Å². The van der Waals surface area contributed by atoms with E-state index in [2.05, 4.69) is 17.2 Å². The molecule has 0 unspecified atom stereocenters. The summed E-state index contributed by atoms with van der Waals surface area (Å²) >= 11 is 3.39. The second-order valence-corrected chi connectivity index (χ2v) is 8.48. The van der Waals surface area contributed by atoms with Gasteiger partial charge in [-0.05, 0) is 59.3 Å². The fourth-order valence-electron chi connectivity index (χ4n) is 2.52. The molecule has 0 radical (unpaired) electrons. The lowest BCUT2D eigenvalue weighted by molar-refractivity contribution is -0.115. The largest absolute Gasteiger partial charge is 0.310 e. The molecule has 1 heterocycles. The van der Waals surface area contributed by atoms with E-state index >= 15 is 0 Å². The molecule has 6 heteroatoms. The number of rotatable bonds is 8. The number of hydrogen-bond acceptors (Lipinski definition) is 4. The second kappa shape index (κ2) is 10.3. The Morgan fingerprint density at radius 2 is 1.57 bits per heavy atom. The number of halogens is 1. The number of amides is 1. The molecule has 1 N–H and O–H groups in total. The Balaban J connectivity index is 1.49. The average molecular weight is 413 g/mol. The van der Waals surface area contributed by atoms with Gasteiger partial charge < -0.3 is 5.32 Å². The van der Waals surface area contributed by atoms with Gasteiger partial charge in [0.1, 0.15) is 11.6 Å². The lowest BCUT2D eigenvalue weighted by Crippen LogP contribution is -2.15. The molecule has 2 aromatic carbocycles. The van der Waals surface area contributed by atoms with Crippen LogP contribution in [0.2, 0.25) is 0 Å². The van der Waals surface area contributed by atoms with E-state index in [4.69, 9.17) is 0 Å². The number of carbonyl (C=O) groups is 1. The highest BCUT2D eigenvalue weighted by Crippen LogP contribution is 2.23. The first-order valence-corrected chi connectivity index (χ1v) is 10.9. The Morgan fingerprint density at radius 1 is 0.929 bits per heavy atom. The van der Waals surface area contributed by atoms with Gasteiger partial charge in [-0.25, -0.2) is 9.37 Å². The zero-order chi connectivity index (χ0) is 19.8. The highest BCUT2D eigenvalue weighted by atomic mass is 32.2. The first-order chi connectivity index (χ1) is 13.6. The van der Waals surface area contributed by atoms with E-state index in [1.165, 1.54) is 17.0 Å². The Kier molecular flexibility index (Phi) is 7.51. The number of benzene rings is 2. The predicted octanol–water partition coefficient (Wildman–Crippen LogP) is 5.81. The molecule has 0 saturated heterocycles. The molecule has 0 aliphatic carbocycles. The van der Waals surface area contributed by atoms with Gasteiger partial charge in [-0.3, -0.25) is 4.79 Å². The van der Waals surface area contributed by atoms with Crippen molar-refractivity contribution in [3.63, 3.8) is 0 Å². The van der Waals surface area contributed by atoms with Crippen LogP contribution in [0.4, 0.5) is 10.2 Å². The molecule has 3 rings (SSSR count). The summed E-state index contributed by atoms with van der Waals surface area (Å²) in [5.74, 6) is 1.98. The normalized spacial score (nSPS) is 10.6. The predicted molar refractivity (Wildman–Crippen MR) is 115 cm³/mol. The smallest absolute Gasteiger partial charge is 0.229 e. The van der Waals surface area contributed by atoms with Crippen molar-refractivity contribution >= 4 is 35.2 Å². The van der Waals surface area contributed by atoms with Crippen molar-refractivity contribution in [3.05, 3.63) is 83.8 Å². The van der Waals surface area contributed by atoms with Gasteiger partial charge in [0, 0.05) is 21.7 Å². The summed E-state index contributed by atoms with van der Waals surface area (Å²) in [6.45, 7) is 2.12. The van der Waals surface area contributed by atoms with Crippen molar-refractivity contribution in [3.8, 4) is 0 Å². The SMILES string of the molecule is CCSc1ccc(CC(=O)Nc2ccc(CSc3ccc(F)cc3)cn2)cc1. The van der Waals surface area contributed by atoms with E-state index in [9.17, 15) is 9.18 Å². The van der Waals surface area contributed by atoms with E-state index in [1.54, 1.807) is 47.9 Å². The molecule has 0 atom stereocenters. The number of nitrogens with zero attached hydrogens (tertiary/aromatic N) is 1. The number of nitrogens with one attached hydrogen (secondary N) is 1. The number of aromatic nitrogens is 1. The molecular weight excluding hydrogens is 391 g/mol. The van der Waals surface area contributed by atoms with Crippen LogP contribution in [0.25, 0.3) is 0 Å². The molecule has 0 aliphatic rings. The number of thioether (sulfide) groups is 2. The summed E-state index contributed by atoms with van der Waals surface area (Å²) in [5, 5.41) is 2.83. The molecule has 0 fully saturated rings. The van der Waals surface area contributed by atoms with Crippen LogP contribution in [0.1, 0.15) is 18.1 Å². The molecule has 144 valence electrons. The third-order valence-electron chi connectivity index (χ3n) is 3.91.